The maximum absolute atomic E-state index is 13.6. The lowest BCUT2D eigenvalue weighted by atomic mass is 10.0. The number of piperidine rings is 1. The van der Waals surface area contributed by atoms with Crippen LogP contribution in [0, 0.1) is 0 Å². The van der Waals surface area contributed by atoms with Crippen LogP contribution in [0.25, 0.3) is 11.0 Å². The normalized spacial score (nSPS) is 18.7. The number of piperazine rings is 1. The Morgan fingerprint density at radius 1 is 0.972 bits per heavy atom. The fourth-order valence-corrected chi connectivity index (χ4v) is 5.24. The third kappa shape index (κ3) is 4.01. The van der Waals surface area contributed by atoms with Crippen molar-refractivity contribution >= 4 is 28.5 Å². The lowest BCUT2D eigenvalue weighted by Gasteiger charge is -2.32. The van der Waals surface area contributed by atoms with Crippen molar-refractivity contribution in [1.29, 1.82) is 0 Å². The molecule has 3 aromatic rings. The summed E-state index contributed by atoms with van der Waals surface area (Å²) in [6, 6.07) is 10.2. The van der Waals surface area contributed by atoms with Crippen molar-refractivity contribution in [1.82, 2.24) is 19.4 Å². The van der Waals surface area contributed by atoms with Crippen molar-refractivity contribution < 1.29 is 19.1 Å². The average Bonchev–Trinajstić information content (AvgIpc) is 3.16. The predicted molar refractivity (Wildman–Crippen MR) is 136 cm³/mol. The lowest BCUT2D eigenvalue weighted by molar-refractivity contribution is -0.151. The Labute approximate surface area is 209 Å². The van der Waals surface area contributed by atoms with Gasteiger partial charge >= 0.3 is 5.69 Å². The van der Waals surface area contributed by atoms with Crippen LogP contribution in [0.4, 0.5) is 5.69 Å². The van der Waals surface area contributed by atoms with Crippen molar-refractivity contribution in [2.24, 2.45) is 7.05 Å². The highest BCUT2D eigenvalue weighted by Gasteiger charge is 2.38. The number of carbonyl (C=O) groups excluding carboxylic acids is 2. The number of nitrogens with one attached hydrogen (secondary N) is 1. The number of hydrogen-bond acceptors (Lipinski definition) is 7. The number of anilines is 1. The van der Waals surface area contributed by atoms with Gasteiger partial charge < -0.3 is 19.7 Å². The molecule has 1 unspecified atom stereocenters. The molecule has 1 N–H and O–H groups in total. The Kier molecular flexibility index (Phi) is 6.44. The largest absolute Gasteiger partial charge is 0.497 e. The summed E-state index contributed by atoms with van der Waals surface area (Å²) in [6.07, 6.45) is 0.473. The number of ether oxygens (including phenoxy) is 2. The van der Waals surface area contributed by atoms with Crippen LogP contribution in [0.2, 0.25) is 0 Å². The molecule has 190 valence electrons. The number of imidazole rings is 1. The van der Waals surface area contributed by atoms with E-state index in [0.29, 0.717) is 17.0 Å². The van der Waals surface area contributed by atoms with Gasteiger partial charge in [-0.3, -0.25) is 23.6 Å². The molecule has 2 aliphatic heterocycles. The van der Waals surface area contributed by atoms with Gasteiger partial charge in [0.15, 0.2) is 0 Å². The van der Waals surface area contributed by atoms with Gasteiger partial charge in [-0.15, -0.1) is 0 Å². The summed E-state index contributed by atoms with van der Waals surface area (Å²) in [5.74, 6) is 0.786. The molecule has 10 nitrogen and oxygen atoms in total. The number of nitrogens with zero attached hydrogens (tertiary/aromatic N) is 4. The van der Waals surface area contributed by atoms with Gasteiger partial charge in [-0.05, 0) is 36.2 Å². The number of benzene rings is 2. The molecule has 2 amide bonds. The van der Waals surface area contributed by atoms with E-state index in [9.17, 15) is 14.4 Å². The third-order valence-electron chi connectivity index (χ3n) is 7.13. The van der Waals surface area contributed by atoms with Gasteiger partial charge in [0.25, 0.3) is 5.91 Å². The van der Waals surface area contributed by atoms with E-state index in [1.807, 2.05) is 24.3 Å². The predicted octanol–water partition coefficient (Wildman–Crippen LogP) is 1.66. The first kappa shape index (κ1) is 23.9. The number of fused-ring (bicyclic) bond motifs is 1. The molecule has 10 heteroatoms. The highest BCUT2D eigenvalue weighted by atomic mass is 16.5. The first-order valence-corrected chi connectivity index (χ1v) is 12.1. The Balaban J connectivity index is 1.55. The fraction of sp³-hybridized carbons (Fsp3) is 0.423. The van der Waals surface area contributed by atoms with Crippen molar-refractivity contribution in [2.45, 2.75) is 25.4 Å². The molecule has 2 aliphatic rings. The molecule has 3 heterocycles. The Bertz CT molecular complexity index is 1350. The average molecular weight is 494 g/mol. The molecule has 0 saturated carbocycles. The molecular formula is C26H31N5O5. The van der Waals surface area contributed by atoms with E-state index in [0.717, 1.165) is 42.9 Å². The van der Waals surface area contributed by atoms with E-state index in [2.05, 4.69) is 10.2 Å². The second-order valence-corrected chi connectivity index (χ2v) is 9.15. The molecule has 2 saturated heterocycles. The van der Waals surface area contributed by atoms with E-state index < -0.39 is 6.04 Å². The molecule has 5 rings (SSSR count). The zero-order chi connectivity index (χ0) is 25.4. The van der Waals surface area contributed by atoms with Crippen LogP contribution in [0.5, 0.6) is 11.5 Å². The molecule has 0 bridgehead atoms. The van der Waals surface area contributed by atoms with E-state index >= 15 is 0 Å². The topological polar surface area (TPSA) is 98.0 Å². The van der Waals surface area contributed by atoms with Gasteiger partial charge in [-0.2, -0.15) is 0 Å². The van der Waals surface area contributed by atoms with E-state index in [4.69, 9.17) is 9.47 Å². The maximum atomic E-state index is 13.6. The Morgan fingerprint density at radius 2 is 1.69 bits per heavy atom. The van der Waals surface area contributed by atoms with Crippen molar-refractivity contribution in [3.63, 3.8) is 0 Å². The number of amides is 2. The van der Waals surface area contributed by atoms with Crippen LogP contribution in [-0.2, 0) is 23.2 Å². The first-order chi connectivity index (χ1) is 17.4. The summed E-state index contributed by atoms with van der Waals surface area (Å²) in [5.41, 5.74) is 2.77. The molecular weight excluding hydrogens is 462 g/mol. The number of rotatable bonds is 6. The first-order valence-electron chi connectivity index (χ1n) is 12.1. The van der Waals surface area contributed by atoms with Crippen molar-refractivity contribution in [3.8, 4) is 11.5 Å². The van der Waals surface area contributed by atoms with Gasteiger partial charge in [0.1, 0.15) is 23.2 Å². The lowest BCUT2D eigenvalue weighted by Crippen LogP contribution is -2.47. The quantitative estimate of drug-likeness (QED) is 0.522. The highest BCUT2D eigenvalue weighted by molar-refractivity contribution is 6.01. The molecule has 0 spiro atoms. The maximum Gasteiger partial charge on any atom is 0.329 e. The summed E-state index contributed by atoms with van der Waals surface area (Å²) >= 11 is 0. The molecule has 2 aromatic carbocycles. The van der Waals surface area contributed by atoms with E-state index in [1.165, 1.54) is 4.90 Å². The zero-order valence-electron chi connectivity index (χ0n) is 20.8. The number of imide groups is 1. The minimum atomic E-state index is -0.763. The Morgan fingerprint density at radius 3 is 2.36 bits per heavy atom. The number of aryl methyl sites for hydroxylation is 1. The van der Waals surface area contributed by atoms with Gasteiger partial charge in [0, 0.05) is 39.6 Å². The van der Waals surface area contributed by atoms with Gasteiger partial charge in [0.05, 0.1) is 31.8 Å². The summed E-state index contributed by atoms with van der Waals surface area (Å²) in [7, 11) is 4.93. The van der Waals surface area contributed by atoms with Crippen molar-refractivity contribution in [2.75, 3.05) is 45.3 Å². The molecule has 36 heavy (non-hydrogen) atoms. The zero-order valence-corrected chi connectivity index (χ0v) is 20.8. The number of carbonyl (C=O) groups is 2. The molecule has 1 atom stereocenters. The number of aromatic nitrogens is 2. The SMILES string of the molecule is COc1ccc(CN2C(=O)CCC(n3c(=O)n(C)c4c(N5CCNCC5)c(OC)ccc43)C2=O)cc1. The number of hydrogen-bond donors (Lipinski definition) is 1. The summed E-state index contributed by atoms with van der Waals surface area (Å²) < 4.78 is 14.0. The summed E-state index contributed by atoms with van der Waals surface area (Å²) in [4.78, 5) is 43.5. The van der Waals surface area contributed by atoms with Crippen LogP contribution >= 0.6 is 0 Å². The standard InChI is InChI=1S/C26H31N5O5/c1-28-23-19(8-10-21(36-3)24(23)29-14-12-27-13-15-29)31(26(28)34)20-9-11-22(32)30(25(20)33)16-17-4-6-18(35-2)7-5-17/h4-8,10,20,27H,9,11-16H2,1-3H3. The second-order valence-electron chi connectivity index (χ2n) is 9.15. The smallest absolute Gasteiger partial charge is 0.329 e. The molecule has 2 fully saturated rings. The second kappa shape index (κ2) is 9.69. The van der Waals surface area contributed by atoms with Crippen LogP contribution in [0.1, 0.15) is 24.4 Å². The van der Waals surface area contributed by atoms with Gasteiger partial charge in [0.2, 0.25) is 5.91 Å². The van der Waals surface area contributed by atoms with Crippen molar-refractivity contribution in [3.05, 3.63) is 52.4 Å². The van der Waals surface area contributed by atoms with Crippen LogP contribution in [-0.4, -0.2) is 66.2 Å². The van der Waals surface area contributed by atoms with E-state index in [-0.39, 0.29) is 36.9 Å². The number of likely N-dealkylation sites (tertiary alicyclic amines) is 1. The van der Waals surface area contributed by atoms with Gasteiger partial charge in [-0.1, -0.05) is 12.1 Å². The van der Waals surface area contributed by atoms with Crippen LogP contribution in [0.3, 0.4) is 0 Å². The summed E-state index contributed by atoms with van der Waals surface area (Å²) in [5, 5.41) is 3.35. The van der Waals surface area contributed by atoms with Crippen LogP contribution < -0.4 is 25.4 Å². The third-order valence-corrected chi connectivity index (χ3v) is 7.13. The molecule has 0 aliphatic carbocycles. The fourth-order valence-electron chi connectivity index (χ4n) is 5.24. The highest BCUT2D eigenvalue weighted by Crippen LogP contribution is 2.38. The molecule has 1 aromatic heterocycles. The van der Waals surface area contributed by atoms with E-state index in [1.54, 1.807) is 42.5 Å². The monoisotopic (exact) mass is 493 g/mol. The molecule has 0 radical (unpaired) electrons. The Hall–Kier alpha value is -3.79. The summed E-state index contributed by atoms with van der Waals surface area (Å²) in [6.45, 7) is 3.37. The minimum Gasteiger partial charge on any atom is -0.497 e. The minimum absolute atomic E-state index is 0.150. The van der Waals surface area contributed by atoms with Crippen LogP contribution in [0.15, 0.2) is 41.2 Å². The van der Waals surface area contributed by atoms with Gasteiger partial charge in [-0.25, -0.2) is 4.79 Å². The number of methoxy groups -OCH3 is 2.